The molecule has 0 atom stereocenters. The van der Waals surface area contributed by atoms with Crippen LogP contribution >= 0.6 is 12.4 Å². The van der Waals surface area contributed by atoms with Crippen LogP contribution in [0.4, 0.5) is 0 Å². The lowest BCUT2D eigenvalue weighted by Gasteiger charge is -1.93. The fraction of sp³-hybridized carbons (Fsp3) is 0. The summed E-state index contributed by atoms with van der Waals surface area (Å²) in [5.74, 6) is -0.694. The van der Waals surface area contributed by atoms with Gasteiger partial charge < -0.3 is 9.52 Å². The molecule has 5 heteroatoms. The maximum Gasteiger partial charge on any atom is 0.371 e. The summed E-state index contributed by atoms with van der Waals surface area (Å²) in [6, 6.07) is 8.35. The van der Waals surface area contributed by atoms with E-state index in [1.165, 1.54) is 6.07 Å². The standard InChI is InChI=1S/C10H7NO3.ClH/c12-10(13)9-5-4-8(14-9)7-3-1-2-6-11-7;/h1-6H,(H,12,13);1H. The Bertz CT molecular complexity index is 453. The first-order chi connectivity index (χ1) is 6.77. The summed E-state index contributed by atoms with van der Waals surface area (Å²) in [7, 11) is 0. The highest BCUT2D eigenvalue weighted by atomic mass is 35.5. The molecular formula is C10H8ClNO3. The van der Waals surface area contributed by atoms with Crippen molar-refractivity contribution in [3.05, 3.63) is 42.3 Å². The molecule has 0 spiro atoms. The number of carboxylic acids is 1. The van der Waals surface area contributed by atoms with Crippen LogP contribution in [0.3, 0.4) is 0 Å². The van der Waals surface area contributed by atoms with Gasteiger partial charge in [0.05, 0.1) is 0 Å². The van der Waals surface area contributed by atoms with Crippen LogP contribution in [-0.4, -0.2) is 16.1 Å². The van der Waals surface area contributed by atoms with Gasteiger partial charge in [0, 0.05) is 6.20 Å². The number of furan rings is 1. The Labute approximate surface area is 92.0 Å². The zero-order valence-corrected chi connectivity index (χ0v) is 8.40. The van der Waals surface area contributed by atoms with E-state index in [0.717, 1.165) is 0 Å². The third-order valence-electron chi connectivity index (χ3n) is 1.73. The van der Waals surface area contributed by atoms with Crippen LogP contribution in [0.1, 0.15) is 10.6 Å². The predicted molar refractivity (Wildman–Crippen MR) is 56.1 cm³/mol. The van der Waals surface area contributed by atoms with E-state index in [2.05, 4.69) is 4.98 Å². The first kappa shape index (κ1) is 11.3. The van der Waals surface area contributed by atoms with Gasteiger partial charge in [-0.15, -0.1) is 12.4 Å². The molecule has 2 rings (SSSR count). The Morgan fingerprint density at radius 2 is 2.07 bits per heavy atom. The number of aromatic nitrogens is 1. The van der Waals surface area contributed by atoms with Crippen molar-refractivity contribution in [3.8, 4) is 11.5 Å². The highest BCUT2D eigenvalue weighted by molar-refractivity contribution is 5.85. The molecule has 15 heavy (non-hydrogen) atoms. The van der Waals surface area contributed by atoms with Crippen LogP contribution in [0.5, 0.6) is 0 Å². The number of hydrogen-bond acceptors (Lipinski definition) is 3. The third-order valence-corrected chi connectivity index (χ3v) is 1.73. The van der Waals surface area contributed by atoms with E-state index in [9.17, 15) is 4.79 Å². The molecule has 2 heterocycles. The van der Waals surface area contributed by atoms with Crippen LogP contribution in [0, 0.1) is 0 Å². The summed E-state index contributed by atoms with van der Waals surface area (Å²) < 4.78 is 5.07. The maximum absolute atomic E-state index is 10.5. The molecular weight excluding hydrogens is 218 g/mol. The molecule has 0 radical (unpaired) electrons. The number of nitrogens with zero attached hydrogens (tertiary/aromatic N) is 1. The maximum atomic E-state index is 10.5. The molecule has 0 saturated carbocycles. The van der Waals surface area contributed by atoms with E-state index in [4.69, 9.17) is 9.52 Å². The van der Waals surface area contributed by atoms with Crippen LogP contribution in [0.25, 0.3) is 11.5 Å². The van der Waals surface area contributed by atoms with Crippen molar-refractivity contribution in [3.63, 3.8) is 0 Å². The van der Waals surface area contributed by atoms with E-state index in [1.54, 1.807) is 24.4 Å². The monoisotopic (exact) mass is 225 g/mol. The van der Waals surface area contributed by atoms with Gasteiger partial charge in [-0.05, 0) is 24.3 Å². The Hall–Kier alpha value is -1.81. The van der Waals surface area contributed by atoms with Gasteiger partial charge in [-0.2, -0.15) is 0 Å². The van der Waals surface area contributed by atoms with Gasteiger partial charge in [-0.1, -0.05) is 6.07 Å². The highest BCUT2D eigenvalue weighted by Gasteiger charge is 2.10. The van der Waals surface area contributed by atoms with Crippen LogP contribution in [-0.2, 0) is 0 Å². The predicted octanol–water partition coefficient (Wildman–Crippen LogP) is 2.46. The molecule has 2 aromatic heterocycles. The second-order valence-corrected chi connectivity index (χ2v) is 2.68. The minimum Gasteiger partial charge on any atom is -0.475 e. The number of carbonyl (C=O) groups is 1. The largest absolute Gasteiger partial charge is 0.475 e. The molecule has 0 unspecified atom stereocenters. The fourth-order valence-electron chi connectivity index (χ4n) is 1.10. The number of hydrogen-bond donors (Lipinski definition) is 1. The van der Waals surface area contributed by atoms with Gasteiger partial charge in [-0.25, -0.2) is 4.79 Å². The van der Waals surface area contributed by atoms with Crippen LogP contribution < -0.4 is 0 Å². The van der Waals surface area contributed by atoms with Gasteiger partial charge in [0.15, 0.2) is 5.76 Å². The summed E-state index contributed by atoms with van der Waals surface area (Å²) in [5.41, 5.74) is 0.625. The first-order valence-electron chi connectivity index (χ1n) is 4.02. The molecule has 2 aromatic rings. The number of halogens is 1. The van der Waals surface area contributed by atoms with Gasteiger partial charge >= 0.3 is 5.97 Å². The van der Waals surface area contributed by atoms with Gasteiger partial charge in [0.1, 0.15) is 5.69 Å². The lowest BCUT2D eigenvalue weighted by Crippen LogP contribution is -1.91. The topological polar surface area (TPSA) is 63.3 Å². The molecule has 0 bridgehead atoms. The smallest absolute Gasteiger partial charge is 0.371 e. The average Bonchev–Trinajstić information content (AvgIpc) is 2.68. The molecule has 0 aromatic carbocycles. The van der Waals surface area contributed by atoms with E-state index < -0.39 is 5.97 Å². The number of rotatable bonds is 2. The summed E-state index contributed by atoms with van der Waals surface area (Å²) in [5, 5.41) is 8.63. The summed E-state index contributed by atoms with van der Waals surface area (Å²) in [4.78, 5) is 14.6. The minimum atomic E-state index is -1.08. The average molecular weight is 226 g/mol. The second kappa shape index (κ2) is 4.61. The molecule has 4 nitrogen and oxygen atoms in total. The summed E-state index contributed by atoms with van der Waals surface area (Å²) >= 11 is 0. The van der Waals surface area contributed by atoms with Crippen molar-refractivity contribution >= 4 is 18.4 Å². The molecule has 0 amide bonds. The van der Waals surface area contributed by atoms with Gasteiger partial charge in [-0.3, -0.25) is 4.98 Å². The van der Waals surface area contributed by atoms with Crippen molar-refractivity contribution in [2.24, 2.45) is 0 Å². The molecule has 0 fully saturated rings. The molecule has 0 aliphatic heterocycles. The summed E-state index contributed by atoms with van der Waals surface area (Å²) in [6.07, 6.45) is 1.62. The van der Waals surface area contributed by atoms with Crippen molar-refractivity contribution in [1.29, 1.82) is 0 Å². The zero-order chi connectivity index (χ0) is 9.97. The lowest BCUT2D eigenvalue weighted by atomic mass is 10.3. The Balaban J connectivity index is 0.00000112. The Morgan fingerprint density at radius 3 is 2.60 bits per heavy atom. The minimum absolute atomic E-state index is 0. The summed E-state index contributed by atoms with van der Waals surface area (Å²) in [6.45, 7) is 0. The first-order valence-corrected chi connectivity index (χ1v) is 4.02. The Morgan fingerprint density at radius 1 is 1.27 bits per heavy atom. The van der Waals surface area contributed by atoms with E-state index in [0.29, 0.717) is 11.5 Å². The normalized spacial score (nSPS) is 9.33. The van der Waals surface area contributed by atoms with Gasteiger partial charge in [0.25, 0.3) is 0 Å². The molecule has 78 valence electrons. The van der Waals surface area contributed by atoms with Crippen molar-refractivity contribution < 1.29 is 14.3 Å². The second-order valence-electron chi connectivity index (χ2n) is 2.68. The molecule has 1 N–H and O–H groups in total. The van der Waals surface area contributed by atoms with Crippen LogP contribution in [0.2, 0.25) is 0 Å². The number of pyridine rings is 1. The fourth-order valence-corrected chi connectivity index (χ4v) is 1.10. The zero-order valence-electron chi connectivity index (χ0n) is 7.58. The van der Waals surface area contributed by atoms with Crippen molar-refractivity contribution in [2.45, 2.75) is 0 Å². The van der Waals surface area contributed by atoms with E-state index >= 15 is 0 Å². The molecule has 0 aliphatic carbocycles. The SMILES string of the molecule is Cl.O=C(O)c1ccc(-c2ccccn2)o1. The quantitative estimate of drug-likeness (QED) is 0.853. The third kappa shape index (κ3) is 2.35. The number of aromatic carboxylic acids is 1. The van der Waals surface area contributed by atoms with E-state index in [-0.39, 0.29) is 18.2 Å². The lowest BCUT2D eigenvalue weighted by molar-refractivity contribution is 0.0663. The van der Waals surface area contributed by atoms with Crippen molar-refractivity contribution in [2.75, 3.05) is 0 Å². The van der Waals surface area contributed by atoms with E-state index in [1.807, 2.05) is 6.07 Å². The number of carboxylic acid groups (broad SMARTS) is 1. The van der Waals surface area contributed by atoms with Crippen LogP contribution in [0.15, 0.2) is 40.9 Å². The molecule has 0 saturated heterocycles. The highest BCUT2D eigenvalue weighted by Crippen LogP contribution is 2.19. The molecule has 0 aliphatic rings. The van der Waals surface area contributed by atoms with Crippen molar-refractivity contribution in [1.82, 2.24) is 4.98 Å². The Kier molecular flexibility index (Phi) is 3.46. The van der Waals surface area contributed by atoms with Gasteiger partial charge in [0.2, 0.25) is 5.76 Å².